The highest BCUT2D eigenvalue weighted by atomic mass is 16.8. The van der Waals surface area contributed by atoms with E-state index in [9.17, 15) is 9.59 Å². The molecule has 2 atom stereocenters. The molecule has 0 saturated carbocycles. The second-order valence-electron chi connectivity index (χ2n) is 3.67. The third-order valence-corrected chi connectivity index (χ3v) is 2.33. The number of hydrogen-bond donors (Lipinski definition) is 4. The number of nitrogens with zero attached hydrogens (tertiary/aromatic N) is 1. The Morgan fingerprint density at radius 3 is 2.41 bits per heavy atom. The normalized spacial score (nSPS) is 14.1. The van der Waals surface area contributed by atoms with Crippen molar-refractivity contribution in [2.75, 3.05) is 6.54 Å². The van der Waals surface area contributed by atoms with E-state index >= 15 is 0 Å². The number of carboxylic acid groups (broad SMARTS) is 1. The van der Waals surface area contributed by atoms with Gasteiger partial charge in [0.25, 0.3) is 5.91 Å². The van der Waals surface area contributed by atoms with Crippen LogP contribution in [0.4, 0.5) is 0 Å². The maximum atomic E-state index is 11.7. The molecular formula is C9H20N4O4. The first-order chi connectivity index (χ1) is 7.95. The third-order valence-electron chi connectivity index (χ3n) is 2.33. The molecule has 0 rings (SSSR count). The van der Waals surface area contributed by atoms with Gasteiger partial charge in [-0.3, -0.25) is 4.79 Å². The number of hydroxylamine groups is 2. The minimum Gasteiger partial charge on any atom is -0.480 e. The van der Waals surface area contributed by atoms with Crippen molar-refractivity contribution in [3.63, 3.8) is 0 Å². The van der Waals surface area contributed by atoms with Gasteiger partial charge >= 0.3 is 5.97 Å². The fraction of sp³-hybridized carbons (Fsp3) is 0.778. The van der Waals surface area contributed by atoms with Crippen LogP contribution in [0.1, 0.15) is 26.2 Å². The van der Waals surface area contributed by atoms with Crippen molar-refractivity contribution in [3.05, 3.63) is 0 Å². The Bertz CT molecular complexity index is 261. The first-order valence-electron chi connectivity index (χ1n) is 5.34. The molecule has 8 heteroatoms. The van der Waals surface area contributed by atoms with Gasteiger partial charge in [0.2, 0.25) is 0 Å². The van der Waals surface area contributed by atoms with Crippen molar-refractivity contribution < 1.29 is 19.6 Å². The molecule has 0 radical (unpaired) electrons. The van der Waals surface area contributed by atoms with Gasteiger partial charge in [-0.05, 0) is 26.3 Å². The Labute approximate surface area is 99.6 Å². The molecular weight excluding hydrogens is 228 g/mol. The maximum absolute atomic E-state index is 11.7. The van der Waals surface area contributed by atoms with Crippen molar-refractivity contribution >= 4 is 11.9 Å². The van der Waals surface area contributed by atoms with Gasteiger partial charge in [-0.25, -0.2) is 4.79 Å². The standard InChI is InChI=1S/C9H20N4O4/c1-6(9(15)16)13(17-12)8(14)7(11)4-2-3-5-10/h6-7H,2-5,10-12H2,1H3,(H,15,16)/t6-,7-/m0/s1. The summed E-state index contributed by atoms with van der Waals surface area (Å²) in [6.45, 7) is 1.79. The summed E-state index contributed by atoms with van der Waals surface area (Å²) in [5, 5.41) is 9.31. The number of amides is 1. The van der Waals surface area contributed by atoms with Crippen LogP contribution < -0.4 is 17.4 Å². The molecule has 8 nitrogen and oxygen atoms in total. The highest BCUT2D eigenvalue weighted by Crippen LogP contribution is 2.06. The molecule has 0 aromatic carbocycles. The van der Waals surface area contributed by atoms with Gasteiger partial charge in [0, 0.05) is 0 Å². The van der Waals surface area contributed by atoms with E-state index < -0.39 is 24.0 Å². The van der Waals surface area contributed by atoms with Gasteiger partial charge in [-0.1, -0.05) is 6.42 Å². The molecule has 0 heterocycles. The second-order valence-corrected chi connectivity index (χ2v) is 3.67. The summed E-state index contributed by atoms with van der Waals surface area (Å²) in [6, 6.07) is -2.03. The molecule has 0 aliphatic rings. The van der Waals surface area contributed by atoms with E-state index in [1.165, 1.54) is 6.92 Å². The van der Waals surface area contributed by atoms with Gasteiger partial charge in [0.15, 0.2) is 6.04 Å². The van der Waals surface area contributed by atoms with Crippen LogP contribution in [0.3, 0.4) is 0 Å². The lowest BCUT2D eigenvalue weighted by atomic mass is 10.1. The largest absolute Gasteiger partial charge is 0.480 e. The molecule has 0 fully saturated rings. The van der Waals surface area contributed by atoms with Gasteiger partial charge in [-0.15, -0.1) is 0 Å². The Morgan fingerprint density at radius 2 is 2.00 bits per heavy atom. The average molecular weight is 248 g/mol. The molecule has 0 aliphatic heterocycles. The van der Waals surface area contributed by atoms with Crippen molar-refractivity contribution in [2.45, 2.75) is 38.3 Å². The van der Waals surface area contributed by atoms with Crippen LogP contribution in [0, 0.1) is 0 Å². The van der Waals surface area contributed by atoms with E-state index in [1.54, 1.807) is 0 Å². The number of carboxylic acids is 1. The number of carbonyl (C=O) groups is 2. The van der Waals surface area contributed by atoms with Crippen molar-refractivity contribution in [1.29, 1.82) is 0 Å². The first-order valence-corrected chi connectivity index (χ1v) is 5.34. The predicted octanol–water partition coefficient (Wildman–Crippen LogP) is -1.45. The summed E-state index contributed by atoms with van der Waals surface area (Å²) < 4.78 is 0. The molecule has 0 aromatic heterocycles. The summed E-state index contributed by atoms with van der Waals surface area (Å²) >= 11 is 0. The van der Waals surface area contributed by atoms with Gasteiger partial charge in [0.1, 0.15) is 0 Å². The second kappa shape index (κ2) is 7.96. The van der Waals surface area contributed by atoms with Crippen molar-refractivity contribution in [1.82, 2.24) is 5.06 Å². The minimum atomic E-state index is -1.22. The first kappa shape index (κ1) is 15.8. The number of nitrogens with two attached hydrogens (primary N) is 3. The fourth-order valence-electron chi connectivity index (χ4n) is 1.23. The molecule has 0 aromatic rings. The van der Waals surface area contributed by atoms with E-state index in [4.69, 9.17) is 22.5 Å². The highest BCUT2D eigenvalue weighted by molar-refractivity contribution is 5.85. The third kappa shape index (κ3) is 5.09. The van der Waals surface area contributed by atoms with E-state index in [2.05, 4.69) is 4.94 Å². The fourth-order valence-corrected chi connectivity index (χ4v) is 1.23. The summed E-state index contributed by atoms with van der Waals surface area (Å²) in [5.74, 6) is 2.99. The Balaban J connectivity index is 4.37. The minimum absolute atomic E-state index is 0.405. The molecule has 0 saturated heterocycles. The molecule has 0 bridgehead atoms. The number of hydrogen-bond acceptors (Lipinski definition) is 6. The van der Waals surface area contributed by atoms with Crippen molar-refractivity contribution in [3.8, 4) is 0 Å². The lowest BCUT2D eigenvalue weighted by Crippen LogP contribution is -2.51. The highest BCUT2D eigenvalue weighted by Gasteiger charge is 2.30. The van der Waals surface area contributed by atoms with Gasteiger partial charge in [0.05, 0.1) is 6.04 Å². The van der Waals surface area contributed by atoms with Crippen LogP contribution in [-0.2, 0) is 14.5 Å². The van der Waals surface area contributed by atoms with Crippen LogP contribution in [0.5, 0.6) is 0 Å². The Morgan fingerprint density at radius 1 is 1.41 bits per heavy atom. The van der Waals surface area contributed by atoms with E-state index in [-0.39, 0.29) is 0 Å². The smallest absolute Gasteiger partial charge is 0.328 e. The zero-order chi connectivity index (χ0) is 13.4. The van der Waals surface area contributed by atoms with Gasteiger partial charge in [-0.2, -0.15) is 15.9 Å². The zero-order valence-corrected chi connectivity index (χ0v) is 9.83. The number of aliphatic carboxylic acids is 1. The molecule has 100 valence electrons. The maximum Gasteiger partial charge on any atom is 0.328 e. The average Bonchev–Trinajstić information content (AvgIpc) is 2.29. The van der Waals surface area contributed by atoms with Crippen LogP contribution >= 0.6 is 0 Å². The number of carbonyl (C=O) groups excluding carboxylic acids is 1. The van der Waals surface area contributed by atoms with Crippen LogP contribution in [0.15, 0.2) is 0 Å². The van der Waals surface area contributed by atoms with E-state index in [1.807, 2.05) is 0 Å². The lowest BCUT2D eigenvalue weighted by molar-refractivity contribution is -0.208. The molecule has 0 aliphatic carbocycles. The summed E-state index contributed by atoms with van der Waals surface area (Å²) in [5.41, 5.74) is 10.9. The molecule has 7 N–H and O–H groups in total. The molecule has 1 amide bonds. The molecule has 17 heavy (non-hydrogen) atoms. The monoisotopic (exact) mass is 248 g/mol. The van der Waals surface area contributed by atoms with Gasteiger partial charge < -0.3 is 16.6 Å². The van der Waals surface area contributed by atoms with Crippen molar-refractivity contribution in [2.24, 2.45) is 17.4 Å². The summed E-state index contributed by atoms with van der Waals surface area (Å²) in [7, 11) is 0. The molecule has 0 unspecified atom stereocenters. The summed E-state index contributed by atoms with van der Waals surface area (Å²) in [4.78, 5) is 26.7. The quantitative estimate of drug-likeness (QED) is 0.303. The van der Waals surface area contributed by atoms with Crippen LogP contribution in [0.2, 0.25) is 0 Å². The zero-order valence-electron chi connectivity index (χ0n) is 9.83. The predicted molar refractivity (Wildman–Crippen MR) is 60.1 cm³/mol. The number of rotatable bonds is 8. The Kier molecular flexibility index (Phi) is 7.39. The summed E-state index contributed by atoms with van der Waals surface area (Å²) in [6.07, 6.45) is 1.84. The SMILES string of the molecule is C[C@@H](C(=O)O)N(ON)C(=O)[C@@H](N)CCCCN. The number of unbranched alkanes of at least 4 members (excludes halogenated alkanes) is 1. The van der Waals surface area contributed by atoms with Crippen LogP contribution in [0.25, 0.3) is 0 Å². The lowest BCUT2D eigenvalue weighted by Gasteiger charge is -2.25. The molecule has 0 spiro atoms. The van der Waals surface area contributed by atoms with E-state index in [0.717, 1.165) is 6.42 Å². The van der Waals surface area contributed by atoms with Crippen LogP contribution in [-0.4, -0.2) is 40.7 Å². The van der Waals surface area contributed by atoms with E-state index in [0.29, 0.717) is 24.4 Å². The Hall–Kier alpha value is -1.22. The topological polar surface area (TPSA) is 145 Å².